The van der Waals surface area contributed by atoms with E-state index < -0.39 is 11.9 Å². The van der Waals surface area contributed by atoms with Crippen LogP contribution in [0.15, 0.2) is 66.7 Å². The molecular weight excluding hydrogens is 404 g/mol. The topological polar surface area (TPSA) is 81.1 Å². The molecule has 0 spiro atoms. The van der Waals surface area contributed by atoms with Crippen molar-refractivity contribution in [2.24, 2.45) is 0 Å². The van der Waals surface area contributed by atoms with Gasteiger partial charge in [0.2, 0.25) is 0 Å². The maximum absolute atomic E-state index is 9.55. The Labute approximate surface area is 190 Å². The lowest BCUT2D eigenvalue weighted by Gasteiger charge is -2.38. The number of carboxylic acid groups (broad SMARTS) is 2. The third kappa shape index (κ3) is 8.94. The molecule has 1 aliphatic heterocycles. The van der Waals surface area contributed by atoms with Crippen molar-refractivity contribution < 1.29 is 19.8 Å². The summed E-state index contributed by atoms with van der Waals surface area (Å²) in [5.74, 6) is -2.51. The second-order valence-corrected chi connectivity index (χ2v) is 7.96. The molecule has 6 nitrogen and oxygen atoms in total. The molecule has 0 amide bonds. The number of nitrogens with zero attached hydrogens (tertiary/aromatic N) is 2. The summed E-state index contributed by atoms with van der Waals surface area (Å²) in [7, 11) is 2.29. The van der Waals surface area contributed by atoms with Crippen LogP contribution >= 0.6 is 0 Å². The van der Waals surface area contributed by atoms with E-state index in [-0.39, 0.29) is 0 Å². The van der Waals surface area contributed by atoms with Crippen LogP contribution in [0.1, 0.15) is 30.9 Å². The lowest BCUT2D eigenvalue weighted by molar-refractivity contribution is -0.134. The summed E-state index contributed by atoms with van der Waals surface area (Å²) in [5, 5.41) is 15.6. The van der Waals surface area contributed by atoms with E-state index in [1.165, 1.54) is 42.7 Å². The summed E-state index contributed by atoms with van der Waals surface area (Å²) in [4.78, 5) is 24.2. The molecule has 6 heteroatoms. The monoisotopic (exact) mass is 438 g/mol. The fraction of sp³-hybridized carbons (Fsp3) is 0.385. The summed E-state index contributed by atoms with van der Waals surface area (Å²) >= 11 is 0. The number of carboxylic acids is 2. The first-order valence-corrected chi connectivity index (χ1v) is 11.1. The summed E-state index contributed by atoms with van der Waals surface area (Å²) in [6.07, 6.45) is 5.91. The van der Waals surface area contributed by atoms with Gasteiger partial charge in [0.1, 0.15) is 0 Å². The van der Waals surface area contributed by atoms with E-state index in [4.69, 9.17) is 10.2 Å². The van der Waals surface area contributed by atoms with Gasteiger partial charge in [0, 0.05) is 43.5 Å². The summed E-state index contributed by atoms with van der Waals surface area (Å²) in [5.41, 5.74) is 4.25. The Morgan fingerprint density at radius 3 is 2.00 bits per heavy atom. The van der Waals surface area contributed by atoms with Crippen LogP contribution in [-0.4, -0.2) is 59.8 Å². The van der Waals surface area contributed by atoms with Gasteiger partial charge in [-0.15, -0.1) is 0 Å². The van der Waals surface area contributed by atoms with E-state index in [9.17, 15) is 9.59 Å². The van der Waals surface area contributed by atoms with Crippen LogP contribution in [0.5, 0.6) is 0 Å². The third-order valence-electron chi connectivity index (χ3n) is 5.76. The number of rotatable bonds is 8. The van der Waals surface area contributed by atoms with Crippen molar-refractivity contribution in [3.05, 3.63) is 77.9 Å². The van der Waals surface area contributed by atoms with Crippen molar-refractivity contribution in [2.75, 3.05) is 31.6 Å². The van der Waals surface area contributed by atoms with E-state index in [1.807, 2.05) is 0 Å². The average molecular weight is 439 g/mol. The maximum atomic E-state index is 9.55. The third-order valence-corrected chi connectivity index (χ3v) is 5.76. The Morgan fingerprint density at radius 2 is 1.50 bits per heavy atom. The van der Waals surface area contributed by atoms with Gasteiger partial charge in [-0.1, -0.05) is 49.4 Å². The van der Waals surface area contributed by atoms with Crippen LogP contribution < -0.4 is 4.90 Å². The minimum Gasteiger partial charge on any atom is -0.478 e. The molecule has 1 aliphatic rings. The van der Waals surface area contributed by atoms with E-state index in [0.717, 1.165) is 25.4 Å². The Kier molecular flexibility index (Phi) is 10.5. The summed E-state index contributed by atoms with van der Waals surface area (Å²) in [6.45, 7) is 5.71. The van der Waals surface area contributed by atoms with Crippen molar-refractivity contribution in [1.82, 2.24) is 4.90 Å². The van der Waals surface area contributed by atoms with Gasteiger partial charge in [0.05, 0.1) is 0 Å². The number of likely N-dealkylation sites (N-methyl/N-ethyl adjacent to an activating group) is 1. The first-order valence-electron chi connectivity index (χ1n) is 11.1. The molecule has 0 aromatic heterocycles. The largest absolute Gasteiger partial charge is 0.478 e. The van der Waals surface area contributed by atoms with E-state index in [0.29, 0.717) is 12.2 Å². The standard InChI is InChI=1S/C22H30N2.C4H4O4/c1-3-19-9-11-22(12-10-19)24-17-14-21(15-18-24)23(2)16-13-20-7-5-4-6-8-20;5-3(6)1-2-4(7)8/h4-12,21H,3,13-18H2,1-2H3;1-2H,(H,5,6)(H,7,8). The van der Waals surface area contributed by atoms with Crippen molar-refractivity contribution in [2.45, 2.75) is 38.6 Å². The molecule has 2 aromatic rings. The molecule has 0 radical (unpaired) electrons. The predicted octanol–water partition coefficient (Wildman–Crippen LogP) is 4.10. The molecule has 2 aromatic carbocycles. The Hall–Kier alpha value is -3.12. The smallest absolute Gasteiger partial charge is 0.328 e. The number of carbonyl (C=O) groups is 2. The van der Waals surface area contributed by atoms with Crippen LogP contribution in [0.2, 0.25) is 0 Å². The molecular formula is C26H34N2O4. The molecule has 32 heavy (non-hydrogen) atoms. The quantitative estimate of drug-likeness (QED) is 0.604. The molecule has 1 heterocycles. The number of hydrogen-bond acceptors (Lipinski definition) is 4. The molecule has 0 saturated carbocycles. The molecule has 0 bridgehead atoms. The van der Waals surface area contributed by atoms with Crippen LogP contribution in [-0.2, 0) is 22.4 Å². The van der Waals surface area contributed by atoms with Crippen LogP contribution in [0.3, 0.4) is 0 Å². The van der Waals surface area contributed by atoms with Crippen molar-refractivity contribution >= 4 is 17.6 Å². The molecule has 1 fully saturated rings. The van der Waals surface area contributed by atoms with Gasteiger partial charge in [0.15, 0.2) is 0 Å². The fourth-order valence-electron chi connectivity index (χ4n) is 3.78. The molecule has 2 N–H and O–H groups in total. The van der Waals surface area contributed by atoms with Gasteiger partial charge >= 0.3 is 11.9 Å². The van der Waals surface area contributed by atoms with Crippen molar-refractivity contribution in [1.29, 1.82) is 0 Å². The lowest BCUT2D eigenvalue weighted by atomic mass is 10.0. The Balaban J connectivity index is 0.000000390. The Bertz CT molecular complexity index is 841. The molecule has 0 atom stereocenters. The first kappa shape index (κ1) is 25.1. The number of benzene rings is 2. The summed E-state index contributed by atoms with van der Waals surface area (Å²) < 4.78 is 0. The lowest BCUT2D eigenvalue weighted by Crippen LogP contribution is -2.44. The van der Waals surface area contributed by atoms with Gasteiger partial charge in [-0.2, -0.15) is 0 Å². The molecule has 0 unspecified atom stereocenters. The average Bonchev–Trinajstić information content (AvgIpc) is 2.82. The number of aliphatic carboxylic acids is 2. The zero-order valence-corrected chi connectivity index (χ0v) is 19.0. The highest BCUT2D eigenvalue weighted by Crippen LogP contribution is 2.23. The summed E-state index contributed by atoms with van der Waals surface area (Å²) in [6, 6.07) is 20.7. The highest BCUT2D eigenvalue weighted by Gasteiger charge is 2.22. The van der Waals surface area contributed by atoms with E-state index >= 15 is 0 Å². The van der Waals surface area contributed by atoms with Crippen LogP contribution in [0.4, 0.5) is 5.69 Å². The molecule has 1 saturated heterocycles. The maximum Gasteiger partial charge on any atom is 0.328 e. The van der Waals surface area contributed by atoms with Gasteiger partial charge in [-0.05, 0) is 56.0 Å². The van der Waals surface area contributed by atoms with Gasteiger partial charge in [-0.25, -0.2) is 9.59 Å². The molecule has 3 rings (SSSR count). The van der Waals surface area contributed by atoms with Crippen LogP contribution in [0, 0.1) is 0 Å². The normalized spacial score (nSPS) is 14.3. The van der Waals surface area contributed by atoms with Gasteiger partial charge in [0.25, 0.3) is 0 Å². The Morgan fingerprint density at radius 1 is 0.938 bits per heavy atom. The number of anilines is 1. The van der Waals surface area contributed by atoms with E-state index in [2.05, 4.69) is 78.4 Å². The van der Waals surface area contributed by atoms with Crippen molar-refractivity contribution in [3.8, 4) is 0 Å². The predicted molar refractivity (Wildman–Crippen MR) is 128 cm³/mol. The number of aryl methyl sites for hydroxylation is 1. The zero-order chi connectivity index (χ0) is 23.3. The SMILES string of the molecule is CCc1ccc(N2CCC(N(C)CCc3ccccc3)CC2)cc1.O=C(O)C=CC(=O)O. The highest BCUT2D eigenvalue weighted by molar-refractivity contribution is 5.89. The minimum absolute atomic E-state index is 0.558. The highest BCUT2D eigenvalue weighted by atomic mass is 16.4. The van der Waals surface area contributed by atoms with Gasteiger partial charge < -0.3 is 20.0 Å². The van der Waals surface area contributed by atoms with Gasteiger partial charge in [-0.3, -0.25) is 0 Å². The second kappa shape index (κ2) is 13.3. The zero-order valence-electron chi connectivity index (χ0n) is 19.0. The molecule has 172 valence electrons. The van der Waals surface area contributed by atoms with Crippen LogP contribution in [0.25, 0.3) is 0 Å². The van der Waals surface area contributed by atoms with Crippen molar-refractivity contribution in [3.63, 3.8) is 0 Å². The molecule has 0 aliphatic carbocycles. The number of piperidine rings is 1. The second-order valence-electron chi connectivity index (χ2n) is 7.96. The first-order chi connectivity index (χ1) is 15.4. The van der Waals surface area contributed by atoms with E-state index in [1.54, 1.807) is 0 Å². The minimum atomic E-state index is -1.26. The fourth-order valence-corrected chi connectivity index (χ4v) is 3.78. The number of hydrogen-bond donors (Lipinski definition) is 2.